The van der Waals surface area contributed by atoms with Crippen LogP contribution in [0.25, 0.3) is 10.9 Å². The molecule has 1 atom stereocenters. The van der Waals surface area contributed by atoms with Crippen molar-refractivity contribution in [3.8, 4) is 11.5 Å². The van der Waals surface area contributed by atoms with Crippen molar-refractivity contribution in [1.29, 1.82) is 0 Å². The Hall–Kier alpha value is -2.80. The first-order valence-corrected chi connectivity index (χ1v) is 10.8. The number of rotatable bonds is 8. The largest absolute Gasteiger partial charge is 0.491 e. The van der Waals surface area contributed by atoms with E-state index in [1.165, 1.54) is 24.3 Å². The van der Waals surface area contributed by atoms with Crippen LogP contribution in [0.4, 0.5) is 4.39 Å². The molecule has 31 heavy (non-hydrogen) atoms. The topological polar surface area (TPSA) is 51.6 Å². The summed E-state index contributed by atoms with van der Waals surface area (Å²) < 4.78 is 24.0. The number of ether oxygens (including phenoxy) is 2. The Morgan fingerprint density at radius 3 is 2.23 bits per heavy atom. The summed E-state index contributed by atoms with van der Waals surface area (Å²) in [6.07, 6.45) is 0.961. The highest BCUT2D eigenvalue weighted by Gasteiger charge is 2.08. The second-order valence-corrected chi connectivity index (χ2v) is 8.33. The van der Waals surface area contributed by atoms with Crippen molar-refractivity contribution in [1.82, 2.24) is 4.98 Å². The van der Waals surface area contributed by atoms with Crippen molar-refractivity contribution in [3.63, 3.8) is 0 Å². The second kappa shape index (κ2) is 10.0. The van der Waals surface area contributed by atoms with E-state index in [-0.39, 0.29) is 19.0 Å². The van der Waals surface area contributed by atoms with Crippen LogP contribution in [0.1, 0.15) is 0 Å². The van der Waals surface area contributed by atoms with Gasteiger partial charge in [0, 0.05) is 26.4 Å². The summed E-state index contributed by atoms with van der Waals surface area (Å²) in [5, 5.41) is 11.8. The highest BCUT2D eigenvalue weighted by Crippen LogP contribution is 2.34. The van der Waals surface area contributed by atoms with E-state index in [0.717, 1.165) is 20.7 Å². The van der Waals surface area contributed by atoms with Gasteiger partial charge < -0.3 is 14.6 Å². The van der Waals surface area contributed by atoms with Gasteiger partial charge >= 0.3 is 0 Å². The van der Waals surface area contributed by atoms with Crippen LogP contribution in [0.15, 0.2) is 88.8 Å². The molecule has 3 aromatic carbocycles. The minimum absolute atomic E-state index is 0.0543. The van der Waals surface area contributed by atoms with E-state index in [1.807, 2.05) is 48.5 Å². The van der Waals surface area contributed by atoms with Crippen LogP contribution in [0.5, 0.6) is 11.5 Å². The fraction of sp³-hybridized carbons (Fsp3) is 0.125. The molecule has 0 radical (unpaired) electrons. The van der Waals surface area contributed by atoms with Crippen LogP contribution in [0.3, 0.4) is 0 Å². The molecule has 0 amide bonds. The Bertz CT molecular complexity index is 1160. The summed E-state index contributed by atoms with van der Waals surface area (Å²) >= 11 is 7.69. The molecule has 4 rings (SSSR count). The SMILES string of the molecule is OC(COc1ccc(F)cc1)COc1ccc(Sc2ccnc3cc(Cl)ccc23)cc1. The predicted octanol–water partition coefficient (Wildman–Crippen LogP) is 6.00. The van der Waals surface area contributed by atoms with Gasteiger partial charge in [0.15, 0.2) is 0 Å². The fourth-order valence-corrected chi connectivity index (χ4v) is 3.98. The van der Waals surface area contributed by atoms with Crippen molar-refractivity contribution in [2.75, 3.05) is 13.2 Å². The summed E-state index contributed by atoms with van der Waals surface area (Å²) in [5.41, 5.74) is 0.856. The number of aliphatic hydroxyl groups is 1. The zero-order chi connectivity index (χ0) is 21.6. The average Bonchev–Trinajstić information content (AvgIpc) is 2.78. The van der Waals surface area contributed by atoms with E-state index >= 15 is 0 Å². The number of hydrogen-bond acceptors (Lipinski definition) is 5. The standard InChI is InChI=1S/C24H19ClFNO3S/c25-16-1-10-22-23(13-16)27-12-11-24(22)31-21-8-6-20(7-9-21)30-15-18(28)14-29-19-4-2-17(26)3-5-19/h1-13,18,28H,14-15H2. The van der Waals surface area contributed by atoms with Crippen LogP contribution >= 0.6 is 23.4 Å². The third kappa shape index (κ3) is 5.88. The lowest BCUT2D eigenvalue weighted by Gasteiger charge is -2.14. The third-order valence-corrected chi connectivity index (χ3v) is 5.73. The molecule has 0 aliphatic carbocycles. The van der Waals surface area contributed by atoms with E-state index in [2.05, 4.69) is 4.98 Å². The Labute approximate surface area is 188 Å². The summed E-state index contributed by atoms with van der Waals surface area (Å²) in [7, 11) is 0. The maximum atomic E-state index is 12.9. The summed E-state index contributed by atoms with van der Waals surface area (Å²) in [5.74, 6) is 0.809. The molecule has 4 aromatic rings. The van der Waals surface area contributed by atoms with Crippen LogP contribution in [-0.2, 0) is 0 Å². The molecule has 0 aliphatic heterocycles. The average molecular weight is 456 g/mol. The number of aliphatic hydroxyl groups excluding tert-OH is 1. The molecule has 0 spiro atoms. The Kier molecular flexibility index (Phi) is 6.92. The maximum absolute atomic E-state index is 12.9. The first kappa shape index (κ1) is 21.4. The Morgan fingerprint density at radius 2 is 1.55 bits per heavy atom. The van der Waals surface area contributed by atoms with Crippen LogP contribution < -0.4 is 9.47 Å². The van der Waals surface area contributed by atoms with Crippen LogP contribution in [0.2, 0.25) is 5.02 Å². The van der Waals surface area contributed by atoms with Crippen molar-refractivity contribution in [3.05, 3.63) is 89.8 Å². The highest BCUT2D eigenvalue weighted by atomic mass is 35.5. The fourth-order valence-electron chi connectivity index (χ4n) is 2.88. The zero-order valence-corrected chi connectivity index (χ0v) is 17.9. The number of hydrogen-bond donors (Lipinski definition) is 1. The quantitative estimate of drug-likeness (QED) is 0.353. The molecular formula is C24H19ClFNO3S. The molecule has 1 aromatic heterocycles. The van der Waals surface area contributed by atoms with Gasteiger partial charge in [-0.05, 0) is 66.7 Å². The monoisotopic (exact) mass is 455 g/mol. The van der Waals surface area contributed by atoms with Gasteiger partial charge in [0.05, 0.1) is 5.52 Å². The molecule has 1 N–H and O–H groups in total. The van der Waals surface area contributed by atoms with Crippen molar-refractivity contribution in [2.24, 2.45) is 0 Å². The molecule has 4 nitrogen and oxygen atoms in total. The van der Waals surface area contributed by atoms with Crippen molar-refractivity contribution >= 4 is 34.3 Å². The Balaban J connectivity index is 1.31. The minimum atomic E-state index is -0.811. The van der Waals surface area contributed by atoms with Gasteiger partial charge in [-0.25, -0.2) is 4.39 Å². The summed E-state index contributed by atoms with van der Waals surface area (Å²) in [4.78, 5) is 6.51. The van der Waals surface area contributed by atoms with Gasteiger partial charge in [0.2, 0.25) is 0 Å². The molecule has 1 heterocycles. The van der Waals surface area contributed by atoms with Crippen molar-refractivity contribution in [2.45, 2.75) is 15.9 Å². The number of aromatic nitrogens is 1. The van der Waals surface area contributed by atoms with E-state index < -0.39 is 6.10 Å². The maximum Gasteiger partial charge on any atom is 0.123 e. The van der Waals surface area contributed by atoms with E-state index in [4.69, 9.17) is 21.1 Å². The molecule has 0 fully saturated rings. The number of pyridine rings is 1. The van der Waals surface area contributed by atoms with Gasteiger partial charge in [-0.1, -0.05) is 29.4 Å². The van der Waals surface area contributed by atoms with E-state index in [0.29, 0.717) is 16.5 Å². The molecular weight excluding hydrogens is 437 g/mol. The predicted molar refractivity (Wildman–Crippen MR) is 121 cm³/mol. The van der Waals surface area contributed by atoms with Crippen molar-refractivity contribution < 1.29 is 19.0 Å². The first-order valence-electron chi connectivity index (χ1n) is 9.58. The Morgan fingerprint density at radius 1 is 0.903 bits per heavy atom. The molecule has 0 aliphatic rings. The van der Waals surface area contributed by atoms with Crippen LogP contribution in [0, 0.1) is 5.82 Å². The first-order chi connectivity index (χ1) is 15.1. The van der Waals surface area contributed by atoms with E-state index in [1.54, 1.807) is 18.0 Å². The molecule has 1 unspecified atom stereocenters. The van der Waals surface area contributed by atoms with Gasteiger partial charge in [0.25, 0.3) is 0 Å². The van der Waals surface area contributed by atoms with Gasteiger partial charge in [0.1, 0.15) is 36.6 Å². The van der Waals surface area contributed by atoms with Gasteiger partial charge in [-0.2, -0.15) is 0 Å². The van der Waals surface area contributed by atoms with Gasteiger partial charge in [-0.3, -0.25) is 4.98 Å². The lowest BCUT2D eigenvalue weighted by atomic mass is 10.2. The molecule has 0 saturated carbocycles. The molecule has 0 saturated heterocycles. The van der Waals surface area contributed by atoms with Crippen LogP contribution in [-0.4, -0.2) is 29.4 Å². The number of nitrogens with zero attached hydrogens (tertiary/aromatic N) is 1. The second-order valence-electron chi connectivity index (χ2n) is 6.77. The third-order valence-electron chi connectivity index (χ3n) is 4.41. The number of fused-ring (bicyclic) bond motifs is 1. The van der Waals surface area contributed by atoms with E-state index in [9.17, 15) is 9.50 Å². The lowest BCUT2D eigenvalue weighted by molar-refractivity contribution is 0.0626. The highest BCUT2D eigenvalue weighted by molar-refractivity contribution is 7.99. The number of halogens is 2. The summed E-state index contributed by atoms with van der Waals surface area (Å²) in [6, 6.07) is 20.9. The number of benzene rings is 3. The molecule has 0 bridgehead atoms. The lowest BCUT2D eigenvalue weighted by Crippen LogP contribution is -2.25. The molecule has 158 valence electrons. The minimum Gasteiger partial charge on any atom is -0.491 e. The smallest absolute Gasteiger partial charge is 0.123 e. The zero-order valence-electron chi connectivity index (χ0n) is 16.4. The van der Waals surface area contributed by atoms with Gasteiger partial charge in [-0.15, -0.1) is 0 Å². The normalized spacial score (nSPS) is 12.0. The molecule has 7 heteroatoms. The summed E-state index contributed by atoms with van der Waals surface area (Å²) in [6.45, 7) is 0.141.